The van der Waals surface area contributed by atoms with Gasteiger partial charge < -0.3 is 11.1 Å². The number of aryl methyl sites for hydroxylation is 2. The van der Waals surface area contributed by atoms with E-state index in [1.165, 1.54) is 0 Å². The minimum Gasteiger partial charge on any atom is -0.398 e. The molecule has 1 aromatic heterocycles. The Kier molecular flexibility index (Phi) is 3.80. The maximum Gasteiger partial charge on any atom is 0.269 e. The Morgan fingerprint density at radius 2 is 2.16 bits per heavy atom. The van der Waals surface area contributed by atoms with Crippen LogP contribution in [0.4, 0.5) is 11.4 Å². The molecular weight excluding hydrogens is 260 g/mol. The van der Waals surface area contributed by atoms with Crippen molar-refractivity contribution in [1.82, 2.24) is 9.59 Å². The molecule has 0 saturated carbocycles. The fourth-order valence-electron chi connectivity index (χ4n) is 1.84. The summed E-state index contributed by atoms with van der Waals surface area (Å²) in [5.74, 6) is -0.177. The number of rotatable bonds is 3. The number of carbonyl (C=O) groups excluding carboxylic acids is 1. The first-order valence-electron chi connectivity index (χ1n) is 6.02. The van der Waals surface area contributed by atoms with Crippen molar-refractivity contribution in [3.05, 3.63) is 33.8 Å². The molecule has 0 unspecified atom stereocenters. The van der Waals surface area contributed by atoms with Crippen molar-refractivity contribution < 1.29 is 4.79 Å². The van der Waals surface area contributed by atoms with Gasteiger partial charge in [0, 0.05) is 11.4 Å². The molecule has 0 aliphatic rings. The zero-order valence-corrected chi connectivity index (χ0v) is 12.0. The molecule has 0 aliphatic heterocycles. The quantitative estimate of drug-likeness (QED) is 0.844. The normalized spacial score (nSPS) is 10.5. The van der Waals surface area contributed by atoms with Crippen LogP contribution in [0.15, 0.2) is 12.1 Å². The lowest BCUT2D eigenvalue weighted by Gasteiger charge is -2.12. The first-order valence-corrected chi connectivity index (χ1v) is 6.80. The predicted octanol–water partition coefficient (Wildman–Crippen LogP) is 2.55. The molecule has 0 bridgehead atoms. The molecule has 0 aliphatic carbocycles. The largest absolute Gasteiger partial charge is 0.398 e. The number of aromatic nitrogens is 2. The van der Waals surface area contributed by atoms with E-state index in [4.69, 9.17) is 5.73 Å². The van der Waals surface area contributed by atoms with E-state index in [2.05, 4.69) is 14.9 Å². The molecule has 2 rings (SSSR count). The van der Waals surface area contributed by atoms with Gasteiger partial charge in [-0.2, -0.15) is 0 Å². The van der Waals surface area contributed by atoms with Crippen LogP contribution < -0.4 is 11.1 Å². The molecule has 0 saturated heterocycles. The second kappa shape index (κ2) is 5.36. The summed E-state index contributed by atoms with van der Waals surface area (Å²) in [6, 6.07) is 3.73. The molecule has 6 heteroatoms. The lowest BCUT2D eigenvalue weighted by atomic mass is 10.1. The van der Waals surface area contributed by atoms with E-state index in [9.17, 15) is 4.79 Å². The van der Waals surface area contributed by atoms with Gasteiger partial charge in [0.25, 0.3) is 5.91 Å². The van der Waals surface area contributed by atoms with Crippen LogP contribution in [0.5, 0.6) is 0 Å². The Balaban J connectivity index is 2.32. The fourth-order valence-corrected chi connectivity index (χ4v) is 2.48. The Bertz CT molecular complexity index is 621. The molecule has 0 spiro atoms. The average molecular weight is 276 g/mol. The first kappa shape index (κ1) is 13.5. The van der Waals surface area contributed by atoms with Crippen LogP contribution in [0.2, 0.25) is 0 Å². The van der Waals surface area contributed by atoms with Crippen molar-refractivity contribution in [2.45, 2.75) is 27.2 Å². The molecule has 100 valence electrons. The fraction of sp³-hybridized carbons (Fsp3) is 0.308. The third-order valence-electron chi connectivity index (χ3n) is 3.05. The highest BCUT2D eigenvalue weighted by molar-refractivity contribution is 7.08. The number of nitrogens with two attached hydrogens (primary N) is 1. The molecule has 5 nitrogen and oxygen atoms in total. The SMILES string of the molecule is CCc1nnsc1C(=O)Nc1c(C)ccc(N)c1C. The molecule has 1 heterocycles. The highest BCUT2D eigenvalue weighted by atomic mass is 32.1. The van der Waals surface area contributed by atoms with E-state index in [0.717, 1.165) is 34.0 Å². The monoisotopic (exact) mass is 276 g/mol. The molecule has 2 aromatic rings. The number of hydrogen-bond donors (Lipinski definition) is 2. The lowest BCUT2D eigenvalue weighted by molar-refractivity contribution is 0.102. The van der Waals surface area contributed by atoms with Crippen molar-refractivity contribution in [2.75, 3.05) is 11.1 Å². The topological polar surface area (TPSA) is 80.9 Å². The van der Waals surface area contributed by atoms with Crippen LogP contribution in [-0.2, 0) is 6.42 Å². The highest BCUT2D eigenvalue weighted by Gasteiger charge is 2.17. The number of nitrogens with one attached hydrogen (secondary N) is 1. The molecule has 1 amide bonds. The van der Waals surface area contributed by atoms with Crippen LogP contribution in [0.25, 0.3) is 0 Å². The number of benzene rings is 1. The summed E-state index contributed by atoms with van der Waals surface area (Å²) in [5.41, 5.74) is 9.88. The standard InChI is InChI=1S/C13H16N4OS/c1-4-10-12(19-17-16-10)13(18)15-11-7(2)5-6-9(14)8(11)3/h5-6H,4,14H2,1-3H3,(H,15,18). The Morgan fingerprint density at radius 3 is 2.84 bits per heavy atom. The summed E-state index contributed by atoms with van der Waals surface area (Å²) < 4.78 is 3.82. The minimum absolute atomic E-state index is 0.177. The van der Waals surface area contributed by atoms with E-state index in [-0.39, 0.29) is 5.91 Å². The van der Waals surface area contributed by atoms with E-state index in [0.29, 0.717) is 17.0 Å². The summed E-state index contributed by atoms with van der Waals surface area (Å²) in [7, 11) is 0. The van der Waals surface area contributed by atoms with Crippen molar-refractivity contribution in [2.24, 2.45) is 0 Å². The summed E-state index contributed by atoms with van der Waals surface area (Å²) in [6.45, 7) is 5.78. The number of carbonyl (C=O) groups is 1. The first-order chi connectivity index (χ1) is 9.04. The van der Waals surface area contributed by atoms with Crippen LogP contribution in [0.1, 0.15) is 33.4 Å². The number of hydrogen-bond acceptors (Lipinski definition) is 5. The highest BCUT2D eigenvalue weighted by Crippen LogP contribution is 2.26. The lowest BCUT2D eigenvalue weighted by Crippen LogP contribution is -2.14. The van der Waals surface area contributed by atoms with E-state index < -0.39 is 0 Å². The molecule has 0 fully saturated rings. The Morgan fingerprint density at radius 1 is 1.42 bits per heavy atom. The second-order valence-corrected chi connectivity index (χ2v) is 5.08. The Labute approximate surface area is 116 Å². The zero-order chi connectivity index (χ0) is 14.0. The predicted molar refractivity (Wildman–Crippen MR) is 77.6 cm³/mol. The molecule has 0 atom stereocenters. The summed E-state index contributed by atoms with van der Waals surface area (Å²) >= 11 is 1.11. The van der Waals surface area contributed by atoms with Crippen LogP contribution >= 0.6 is 11.5 Å². The smallest absolute Gasteiger partial charge is 0.269 e. The molecule has 19 heavy (non-hydrogen) atoms. The van der Waals surface area contributed by atoms with Gasteiger partial charge in [0.15, 0.2) is 0 Å². The summed E-state index contributed by atoms with van der Waals surface area (Å²) in [4.78, 5) is 12.8. The van der Waals surface area contributed by atoms with Gasteiger partial charge in [-0.05, 0) is 49.0 Å². The summed E-state index contributed by atoms with van der Waals surface area (Å²) in [5, 5.41) is 6.85. The maximum absolute atomic E-state index is 12.2. The van der Waals surface area contributed by atoms with E-state index in [1.54, 1.807) is 0 Å². The molecule has 3 N–H and O–H groups in total. The van der Waals surface area contributed by atoms with Crippen LogP contribution in [-0.4, -0.2) is 15.5 Å². The third kappa shape index (κ3) is 2.58. The van der Waals surface area contributed by atoms with Gasteiger partial charge in [0.2, 0.25) is 0 Å². The summed E-state index contributed by atoms with van der Waals surface area (Å²) in [6.07, 6.45) is 0.689. The molecule has 0 radical (unpaired) electrons. The van der Waals surface area contributed by atoms with Gasteiger partial charge in [0.1, 0.15) is 4.88 Å². The molecule has 1 aromatic carbocycles. The van der Waals surface area contributed by atoms with E-state index >= 15 is 0 Å². The molecular formula is C13H16N4OS. The van der Waals surface area contributed by atoms with Gasteiger partial charge in [-0.3, -0.25) is 4.79 Å². The average Bonchev–Trinajstić information content (AvgIpc) is 2.87. The van der Waals surface area contributed by atoms with Gasteiger partial charge in [-0.15, -0.1) is 5.10 Å². The van der Waals surface area contributed by atoms with Gasteiger partial charge in [0.05, 0.1) is 5.69 Å². The van der Waals surface area contributed by atoms with Crippen molar-refractivity contribution in [1.29, 1.82) is 0 Å². The second-order valence-electron chi connectivity index (χ2n) is 4.33. The number of nitrogens with zero attached hydrogens (tertiary/aromatic N) is 2. The Hall–Kier alpha value is -1.95. The van der Waals surface area contributed by atoms with Crippen molar-refractivity contribution in [3.8, 4) is 0 Å². The maximum atomic E-state index is 12.2. The number of anilines is 2. The number of amides is 1. The third-order valence-corrected chi connectivity index (χ3v) is 3.82. The van der Waals surface area contributed by atoms with Gasteiger partial charge >= 0.3 is 0 Å². The van der Waals surface area contributed by atoms with E-state index in [1.807, 2.05) is 32.9 Å². The van der Waals surface area contributed by atoms with Gasteiger partial charge in [-0.1, -0.05) is 17.5 Å². The van der Waals surface area contributed by atoms with Crippen LogP contribution in [0.3, 0.4) is 0 Å². The number of nitrogen functional groups attached to an aromatic ring is 1. The minimum atomic E-state index is -0.177. The van der Waals surface area contributed by atoms with Crippen molar-refractivity contribution in [3.63, 3.8) is 0 Å². The van der Waals surface area contributed by atoms with Crippen LogP contribution in [0, 0.1) is 13.8 Å². The van der Waals surface area contributed by atoms with Gasteiger partial charge in [-0.25, -0.2) is 0 Å². The zero-order valence-electron chi connectivity index (χ0n) is 11.2. The van der Waals surface area contributed by atoms with Crippen molar-refractivity contribution >= 4 is 28.8 Å².